The van der Waals surface area contributed by atoms with Crippen molar-refractivity contribution in [3.63, 3.8) is 0 Å². The number of rotatable bonds is 9. The summed E-state index contributed by atoms with van der Waals surface area (Å²) in [5, 5.41) is 8.32. The number of carbonyl (C=O) groups excluding carboxylic acids is 9. The van der Waals surface area contributed by atoms with Crippen molar-refractivity contribution in [2.24, 2.45) is 63.6 Å². The van der Waals surface area contributed by atoms with Crippen LogP contribution in [-0.2, 0) is 131 Å². The smallest absolute Gasteiger partial charge is 0.408 e. The van der Waals surface area contributed by atoms with Crippen LogP contribution in [0.1, 0.15) is 197 Å². The maximum Gasteiger partial charge on any atom is 0.408 e. The van der Waals surface area contributed by atoms with Gasteiger partial charge in [0.05, 0.1) is 74.1 Å². The van der Waals surface area contributed by atoms with Gasteiger partial charge in [-0.2, -0.15) is 26.3 Å². The molecule has 6 bridgehead atoms. The molecule has 4 saturated carbocycles. The molecule has 763 valence electrons. The van der Waals surface area contributed by atoms with Crippen LogP contribution in [0.4, 0.5) is 40.7 Å². The molecular formula is C98H125F6N12O21V3-3. The Kier molecular flexibility index (Phi) is 36.1. The molecule has 10 aliphatic rings. The summed E-state index contributed by atoms with van der Waals surface area (Å²) < 4.78 is 164. The monoisotopic (exact) mass is 2070 g/mol. The molecule has 6 aromatic rings. The van der Waals surface area contributed by atoms with Crippen molar-refractivity contribution in [1.82, 2.24) is 60.6 Å². The van der Waals surface area contributed by atoms with Crippen LogP contribution >= 0.6 is 0 Å². The molecule has 4 aliphatic carbocycles. The van der Waals surface area contributed by atoms with E-state index < -0.39 is 215 Å². The SMILES string of the molecule is CC[C@@H]1[C@@H]2CN(C(=O)[C@H](C(C)(C)C)NC(=O)O[C@@H]3CC4CC4[C@H]3CCOCC(F)(F)c3nc4ccc(OC)cc4nc3O2)[C@@H]1[C-]=O.CC[C@@H]1[C@@H]2CN(C(=O)[C@H](C(C)(C)C)NC(=O)O[C@@H]3CCC[C@H]3CCOCC(F)(F)c3nc4ccc(OC)cc4nc3O2)[C@@H]1[C-]=O.CC[C@@H]1[C@@H]2CN(C(=O)[C@H](C(C)(C)C)NC(=O)O[C@]3(C)CCC[C@H]3CCOCC(F)(F)c3nc4ccc(OC)cc4nc3O2)[C@@H]1[C-]=O.[V].[V].[V]. The minimum absolute atomic E-state index is 0. The minimum Gasteiger partial charge on any atom is -0.540 e. The normalized spacial score (nSPS) is 30.4. The van der Waals surface area contributed by atoms with Gasteiger partial charge in [0, 0.05) is 106 Å². The van der Waals surface area contributed by atoms with Gasteiger partial charge in [-0.05, 0) is 166 Å². The fourth-order valence-corrected chi connectivity index (χ4v) is 20.9. The van der Waals surface area contributed by atoms with Crippen LogP contribution in [-0.4, -0.2) is 252 Å². The van der Waals surface area contributed by atoms with Gasteiger partial charge in [-0.1, -0.05) is 120 Å². The molecule has 20 atom stereocenters. The number of nitrogens with zero attached hydrogens (tertiary/aromatic N) is 9. The Labute approximate surface area is 846 Å². The number of benzene rings is 3. The van der Waals surface area contributed by atoms with Crippen molar-refractivity contribution in [3.05, 3.63) is 71.7 Å². The first-order valence-electron chi connectivity index (χ1n) is 47.3. The van der Waals surface area contributed by atoms with Crippen molar-refractivity contribution in [2.75, 3.05) is 80.6 Å². The van der Waals surface area contributed by atoms with Crippen LogP contribution in [0.5, 0.6) is 34.9 Å². The molecule has 6 aliphatic heterocycles. The van der Waals surface area contributed by atoms with Crippen LogP contribution in [0, 0.1) is 63.6 Å². The first-order valence-corrected chi connectivity index (χ1v) is 47.3. The Morgan fingerprint density at radius 1 is 0.414 bits per heavy atom. The second-order valence-corrected chi connectivity index (χ2v) is 40.9. The first kappa shape index (κ1) is 111. The molecule has 2 unspecified atom stereocenters. The molecule has 3 aromatic heterocycles. The third kappa shape index (κ3) is 24.4. The molecule has 7 fully saturated rings. The van der Waals surface area contributed by atoms with Crippen LogP contribution in [0.15, 0.2) is 54.6 Å². The Morgan fingerprint density at radius 2 is 0.771 bits per heavy atom. The molecule has 16 rings (SSSR count). The summed E-state index contributed by atoms with van der Waals surface area (Å²) in [6, 6.07) is 7.81. The number of aromatic nitrogens is 6. The van der Waals surface area contributed by atoms with Crippen molar-refractivity contribution in [2.45, 2.75) is 270 Å². The van der Waals surface area contributed by atoms with Gasteiger partial charge >= 0.3 is 36.0 Å². The molecular weight excluding hydrogens is 1950 g/mol. The third-order valence-electron chi connectivity index (χ3n) is 28.6. The quantitative estimate of drug-likeness (QED) is 0.0687. The number of amides is 6. The number of alkyl halides is 6. The van der Waals surface area contributed by atoms with Gasteiger partial charge in [-0.15, -0.1) is 0 Å². The fourth-order valence-electron chi connectivity index (χ4n) is 20.9. The molecule has 33 nitrogen and oxygen atoms in total. The summed E-state index contributed by atoms with van der Waals surface area (Å²) in [6.45, 7) is 20.3. The van der Waals surface area contributed by atoms with Crippen LogP contribution in [0.2, 0.25) is 0 Å². The van der Waals surface area contributed by atoms with Gasteiger partial charge in [0.1, 0.15) is 91.3 Å². The van der Waals surface area contributed by atoms with E-state index in [-0.39, 0.29) is 146 Å². The van der Waals surface area contributed by atoms with E-state index in [9.17, 15) is 43.2 Å². The molecule has 3 N–H and O–H groups in total. The molecule has 0 spiro atoms. The van der Waals surface area contributed by atoms with Gasteiger partial charge < -0.3 is 102 Å². The third-order valence-corrected chi connectivity index (χ3v) is 28.6. The second-order valence-electron chi connectivity index (χ2n) is 40.9. The van der Waals surface area contributed by atoms with Gasteiger partial charge in [-0.25, -0.2) is 63.1 Å². The number of methoxy groups -OCH3 is 3. The number of carbonyl (C=O) groups is 6. The first-order chi connectivity index (χ1) is 64.9. The second kappa shape index (κ2) is 45.5. The van der Waals surface area contributed by atoms with Crippen LogP contribution in [0.25, 0.3) is 33.1 Å². The Morgan fingerprint density at radius 3 is 1.13 bits per heavy atom. The molecule has 3 saturated heterocycles. The zero-order chi connectivity index (χ0) is 98.9. The molecule has 6 amide bonds. The maximum absolute atomic E-state index is 16.0. The van der Waals surface area contributed by atoms with Crippen LogP contribution < -0.4 is 44.4 Å². The molecule has 9 heterocycles. The average Bonchev–Trinajstić information content (AvgIpc) is 1.59. The van der Waals surface area contributed by atoms with Gasteiger partial charge in [0.25, 0.3) is 0 Å². The van der Waals surface area contributed by atoms with Gasteiger partial charge in [-0.3, -0.25) is 14.4 Å². The van der Waals surface area contributed by atoms with Gasteiger partial charge in [0.15, 0.2) is 17.1 Å². The number of nitrogens with one attached hydrogen (secondary N) is 3. The number of ether oxygens (including phenoxy) is 12. The van der Waals surface area contributed by atoms with Crippen molar-refractivity contribution in [3.8, 4) is 34.9 Å². The number of fused-ring (bicyclic) bond motifs is 17. The summed E-state index contributed by atoms with van der Waals surface area (Å²) in [6.07, 6.45) is 8.44. The molecule has 42 heteroatoms. The molecule has 3 aromatic carbocycles. The predicted octanol–water partition coefficient (Wildman–Crippen LogP) is 13.9. The van der Waals surface area contributed by atoms with E-state index in [0.717, 1.165) is 32.1 Å². The van der Waals surface area contributed by atoms with E-state index in [2.05, 4.69) is 45.9 Å². The summed E-state index contributed by atoms with van der Waals surface area (Å²) in [5.41, 5.74) is -3.80. The van der Waals surface area contributed by atoms with E-state index in [1.165, 1.54) is 48.2 Å². The van der Waals surface area contributed by atoms with E-state index in [1.807, 2.05) is 46.6 Å². The summed E-state index contributed by atoms with van der Waals surface area (Å²) in [7, 11) is 4.43. The topological polar surface area (TPSA) is 388 Å². The van der Waals surface area contributed by atoms with E-state index >= 15 is 26.3 Å². The van der Waals surface area contributed by atoms with Crippen molar-refractivity contribution in [1.29, 1.82) is 0 Å². The zero-order valence-electron chi connectivity index (χ0n) is 81.6. The maximum atomic E-state index is 16.0. The standard InChI is InChI=1S/C33H41F2N4O7.C33H43F2N4O7.C32H41F2N4O7.3V/c1-6-19-24(15-40)39-14-26(19)45-29-27(36-22-8-7-18(43-5)13-23(22)37-29)33(34,35)16-44-10-9-20-21-11-17(21)12-25(20)46-31(42)38-28(30(39)41)32(2,3)4;1-7-21-24(17-40)39-16-25(21)45-28-26(36-22-11-10-20(43-6)15-23(22)37-28)33(34,35)18-44-14-12-19-9-8-13-32(19,5)46-30(42)38-27(29(39)41)31(2,3)4;1-6-20-23(16-39)38-15-25(20)44-28-26(35-21-11-10-19(42-5)14-22(21)36-28)32(33,34)17-43-13-12-18-8-7-9-24(18)45-30(41)37-27(29(38)40)31(2,3)4;;;/h7-8,13,17,19-21,24-26,28H,6,9-12,14,16H2,1-5H3,(H,38,42);10-11,15,19,21,24-25,27H,7-9,12-14,16,18H2,1-6H3,(H,38,42);10-11,14,18,20,23-25,27H,6-9,12-13,15,17H2,1-5H3,(H,37,41);;;/q3*-1;;;/t17?,19-,20+,21?,24+,25+,26-,28+;19-,21-,24+,25-,27+,32+;18-,20-,23+,24+,25-,27+;;;/m000.../s1. The molecule has 3 radical (unpaired) electrons. The largest absolute Gasteiger partial charge is 0.540 e. The summed E-state index contributed by atoms with van der Waals surface area (Å²) >= 11 is 0. The minimum atomic E-state index is -3.60. The average molecular weight is 2070 g/mol. The zero-order valence-corrected chi connectivity index (χ0v) is 85.8. The van der Waals surface area contributed by atoms with Gasteiger partial charge in [0.2, 0.25) is 35.4 Å². The number of alkyl carbamates (subject to hydrolysis) is 3. The Bertz CT molecular complexity index is 5330. The van der Waals surface area contributed by atoms with E-state index in [4.69, 9.17) is 56.8 Å². The molecule has 140 heavy (non-hydrogen) atoms. The Hall–Kier alpha value is -9.08. The number of hydrogen-bond donors (Lipinski definition) is 3. The van der Waals surface area contributed by atoms with Crippen LogP contribution in [0.3, 0.4) is 0 Å². The van der Waals surface area contributed by atoms with Crippen molar-refractivity contribution < 1.29 is 182 Å². The van der Waals surface area contributed by atoms with E-state index in [0.29, 0.717) is 86.9 Å². The Balaban J connectivity index is 0.000000199. The van der Waals surface area contributed by atoms with Crippen molar-refractivity contribution >= 4 is 88.0 Å². The fraction of sp³-hybridized carbons (Fsp3) is 0.663. The summed E-state index contributed by atoms with van der Waals surface area (Å²) in [5.74, 6) is -13.5. The number of halogens is 6. The van der Waals surface area contributed by atoms with E-state index in [1.54, 1.807) is 105 Å². The summed E-state index contributed by atoms with van der Waals surface area (Å²) in [4.78, 5) is 149. The predicted molar refractivity (Wildman–Crippen MR) is 483 cm³/mol. The number of hydrogen-bond acceptors (Lipinski definition) is 27.